The molecule has 4 heteroatoms. The van der Waals surface area contributed by atoms with Gasteiger partial charge >= 0.3 is 0 Å². The van der Waals surface area contributed by atoms with Gasteiger partial charge in [-0.2, -0.15) is 0 Å². The highest BCUT2D eigenvalue weighted by molar-refractivity contribution is 4.68. The van der Waals surface area contributed by atoms with Crippen molar-refractivity contribution >= 4 is 0 Å². The Hall–Kier alpha value is -0.160. The van der Waals surface area contributed by atoms with Crippen molar-refractivity contribution in [2.45, 2.75) is 31.7 Å². The summed E-state index contributed by atoms with van der Waals surface area (Å²) in [5.74, 6) is 0. The molecule has 74 valence electrons. The molecule has 0 aliphatic rings. The van der Waals surface area contributed by atoms with Gasteiger partial charge in [-0.25, -0.2) is 0 Å². The topological polar surface area (TPSA) is 58.9 Å². The minimum Gasteiger partial charge on any atom is -0.391 e. The molecule has 0 aliphatic heterocycles. The number of ether oxygens (including phenoxy) is 2. The first-order chi connectivity index (χ1) is 5.61. The van der Waals surface area contributed by atoms with Crippen molar-refractivity contribution in [1.82, 2.24) is 0 Å². The first-order valence-corrected chi connectivity index (χ1v) is 3.99. The van der Waals surface area contributed by atoms with E-state index in [2.05, 4.69) is 0 Å². The predicted octanol–water partition coefficient (Wildman–Crippen LogP) is -0.220. The van der Waals surface area contributed by atoms with Crippen molar-refractivity contribution in [2.24, 2.45) is 0 Å². The maximum absolute atomic E-state index is 9.28. The van der Waals surface area contributed by atoms with Crippen LogP contribution in [0, 0.1) is 0 Å². The summed E-state index contributed by atoms with van der Waals surface area (Å²) in [4.78, 5) is 0. The van der Waals surface area contributed by atoms with Crippen molar-refractivity contribution in [3.63, 3.8) is 0 Å². The van der Waals surface area contributed by atoms with E-state index >= 15 is 0 Å². The minimum absolute atomic E-state index is 0.270. The second kappa shape index (κ2) is 6.37. The Morgan fingerprint density at radius 2 is 1.83 bits per heavy atom. The van der Waals surface area contributed by atoms with Crippen LogP contribution in [0.3, 0.4) is 0 Å². The second-order valence-electron chi connectivity index (χ2n) is 2.86. The number of aliphatic hydroxyl groups is 2. The molecule has 0 aliphatic carbocycles. The maximum Gasteiger partial charge on any atom is 0.0852 e. The molecule has 0 heterocycles. The average Bonchev–Trinajstić information content (AvgIpc) is 2.00. The van der Waals surface area contributed by atoms with Gasteiger partial charge in [-0.15, -0.1) is 0 Å². The molecule has 4 nitrogen and oxygen atoms in total. The highest BCUT2D eigenvalue weighted by Crippen LogP contribution is 2.06. The van der Waals surface area contributed by atoms with Gasteiger partial charge in [0.1, 0.15) is 0 Å². The van der Waals surface area contributed by atoms with E-state index in [1.165, 1.54) is 14.2 Å². The number of aliphatic hydroxyl groups excluding tert-OH is 2. The van der Waals surface area contributed by atoms with E-state index in [0.717, 1.165) is 0 Å². The summed E-state index contributed by atoms with van der Waals surface area (Å²) in [5.41, 5.74) is 0. The highest BCUT2D eigenvalue weighted by Gasteiger charge is 2.18. The Morgan fingerprint density at radius 3 is 2.17 bits per heavy atom. The lowest BCUT2D eigenvalue weighted by Crippen LogP contribution is -2.31. The van der Waals surface area contributed by atoms with Crippen LogP contribution in [0.15, 0.2) is 0 Å². The van der Waals surface area contributed by atoms with E-state index in [9.17, 15) is 5.11 Å². The Balaban J connectivity index is 3.69. The van der Waals surface area contributed by atoms with Gasteiger partial charge < -0.3 is 19.7 Å². The molecular weight excluding hydrogens is 160 g/mol. The number of hydrogen-bond acceptors (Lipinski definition) is 4. The van der Waals surface area contributed by atoms with Crippen LogP contribution >= 0.6 is 0 Å². The Labute approximate surface area is 73.1 Å². The molecule has 0 bridgehead atoms. The zero-order chi connectivity index (χ0) is 9.56. The van der Waals surface area contributed by atoms with E-state index in [4.69, 9.17) is 14.6 Å². The molecule has 0 saturated heterocycles. The lowest BCUT2D eigenvalue weighted by molar-refractivity contribution is -0.0432. The molecule has 0 amide bonds. The van der Waals surface area contributed by atoms with Crippen LogP contribution in [0.1, 0.15) is 13.3 Å². The Morgan fingerprint density at radius 1 is 1.25 bits per heavy atom. The molecule has 3 unspecified atom stereocenters. The third kappa shape index (κ3) is 4.66. The monoisotopic (exact) mass is 178 g/mol. The molecule has 3 atom stereocenters. The van der Waals surface area contributed by atoms with Gasteiger partial charge in [0.2, 0.25) is 0 Å². The quantitative estimate of drug-likeness (QED) is 0.590. The molecule has 0 saturated carbocycles. The number of methoxy groups -OCH3 is 2. The van der Waals surface area contributed by atoms with Crippen LogP contribution in [0.5, 0.6) is 0 Å². The third-order valence-corrected chi connectivity index (χ3v) is 1.70. The molecular formula is C8H18O4. The van der Waals surface area contributed by atoms with E-state index in [1.807, 2.05) is 0 Å². The largest absolute Gasteiger partial charge is 0.391 e. The van der Waals surface area contributed by atoms with Gasteiger partial charge in [-0.05, 0) is 6.92 Å². The summed E-state index contributed by atoms with van der Waals surface area (Å²) in [7, 11) is 3.03. The fourth-order valence-electron chi connectivity index (χ4n) is 1.02. The molecule has 0 fully saturated rings. The first-order valence-electron chi connectivity index (χ1n) is 3.99. The lowest BCUT2D eigenvalue weighted by Gasteiger charge is -2.20. The second-order valence-corrected chi connectivity index (χ2v) is 2.86. The zero-order valence-corrected chi connectivity index (χ0v) is 7.86. The highest BCUT2D eigenvalue weighted by atomic mass is 16.5. The SMILES string of the molecule is COCC(O)CC(OC)C(C)O. The van der Waals surface area contributed by atoms with Crippen LogP contribution in [-0.4, -0.2) is 49.4 Å². The molecule has 0 radical (unpaired) electrons. The summed E-state index contributed by atoms with van der Waals surface area (Å²) < 4.78 is 9.70. The fraction of sp³-hybridized carbons (Fsp3) is 1.00. The van der Waals surface area contributed by atoms with E-state index in [1.54, 1.807) is 6.92 Å². The van der Waals surface area contributed by atoms with Crippen molar-refractivity contribution < 1.29 is 19.7 Å². The first kappa shape index (κ1) is 11.8. The van der Waals surface area contributed by atoms with Crippen LogP contribution in [0.4, 0.5) is 0 Å². The van der Waals surface area contributed by atoms with Gasteiger partial charge in [0, 0.05) is 20.6 Å². The summed E-state index contributed by atoms with van der Waals surface area (Å²) in [5, 5.41) is 18.4. The van der Waals surface area contributed by atoms with Crippen molar-refractivity contribution in [2.75, 3.05) is 20.8 Å². The van der Waals surface area contributed by atoms with Gasteiger partial charge in [-0.3, -0.25) is 0 Å². The summed E-state index contributed by atoms with van der Waals surface area (Å²) in [6, 6.07) is 0. The molecule has 0 spiro atoms. The Bertz CT molecular complexity index is 105. The molecule has 0 aromatic rings. The summed E-state index contributed by atoms with van der Waals surface area (Å²) in [6.07, 6.45) is -1.08. The van der Waals surface area contributed by atoms with Crippen LogP contribution in [0.25, 0.3) is 0 Å². The number of hydrogen-bond donors (Lipinski definition) is 2. The summed E-state index contributed by atoms with van der Waals surface area (Å²) in [6.45, 7) is 1.90. The lowest BCUT2D eigenvalue weighted by atomic mass is 10.1. The van der Waals surface area contributed by atoms with E-state index in [-0.39, 0.29) is 12.7 Å². The molecule has 2 N–H and O–H groups in total. The standard InChI is InChI=1S/C8H18O4/c1-6(9)8(12-3)4-7(10)5-11-2/h6-10H,4-5H2,1-3H3. The summed E-state index contributed by atoms with van der Waals surface area (Å²) >= 11 is 0. The molecule has 0 aromatic heterocycles. The maximum atomic E-state index is 9.28. The predicted molar refractivity (Wildman–Crippen MR) is 45.0 cm³/mol. The number of rotatable bonds is 6. The average molecular weight is 178 g/mol. The smallest absolute Gasteiger partial charge is 0.0852 e. The van der Waals surface area contributed by atoms with Crippen molar-refractivity contribution in [1.29, 1.82) is 0 Å². The normalized spacial score (nSPS) is 18.8. The van der Waals surface area contributed by atoms with Crippen LogP contribution in [-0.2, 0) is 9.47 Å². The van der Waals surface area contributed by atoms with Crippen molar-refractivity contribution in [3.8, 4) is 0 Å². The fourth-order valence-corrected chi connectivity index (χ4v) is 1.02. The van der Waals surface area contributed by atoms with Gasteiger partial charge in [-0.1, -0.05) is 0 Å². The third-order valence-electron chi connectivity index (χ3n) is 1.70. The van der Waals surface area contributed by atoms with E-state index < -0.39 is 12.2 Å². The Kier molecular flexibility index (Phi) is 6.28. The van der Waals surface area contributed by atoms with E-state index in [0.29, 0.717) is 6.42 Å². The minimum atomic E-state index is -0.574. The van der Waals surface area contributed by atoms with Gasteiger partial charge in [0.25, 0.3) is 0 Å². The van der Waals surface area contributed by atoms with Gasteiger partial charge in [0.15, 0.2) is 0 Å². The van der Waals surface area contributed by atoms with Crippen LogP contribution < -0.4 is 0 Å². The van der Waals surface area contributed by atoms with Crippen molar-refractivity contribution in [3.05, 3.63) is 0 Å². The van der Waals surface area contributed by atoms with Crippen LogP contribution in [0.2, 0.25) is 0 Å². The van der Waals surface area contributed by atoms with Gasteiger partial charge in [0.05, 0.1) is 24.9 Å². The molecule has 0 aromatic carbocycles. The molecule has 12 heavy (non-hydrogen) atoms. The zero-order valence-electron chi connectivity index (χ0n) is 7.86. The molecule has 0 rings (SSSR count).